The molecular weight excluding hydrogens is 1960 g/mol. The molecule has 712 valence electrons. The van der Waals surface area contributed by atoms with Crippen LogP contribution in [0.2, 0.25) is 0 Å². The quantitative estimate of drug-likeness (QED) is 0.138. The van der Waals surface area contributed by atoms with E-state index in [0.29, 0.717) is 118 Å². The molecule has 0 saturated heterocycles. The number of hydrogen-bond donors (Lipinski definition) is 0. The van der Waals surface area contributed by atoms with Gasteiger partial charge in [0.2, 0.25) is 0 Å². The second kappa shape index (κ2) is 33.5. The fourth-order valence-electron chi connectivity index (χ4n) is 19.2. The maximum absolute atomic E-state index is 15.3. The lowest BCUT2D eigenvalue weighted by atomic mass is 9.84. The van der Waals surface area contributed by atoms with Crippen LogP contribution in [-0.2, 0) is 49.4 Å². The predicted molar refractivity (Wildman–Crippen MR) is 498 cm³/mol. The molecule has 16 aromatic carbocycles. The Morgan fingerprint density at radius 1 is 0.201 bits per heavy atom. The number of alkyl halides is 24. The molecule has 4 aromatic heterocycles. The van der Waals surface area contributed by atoms with E-state index in [1.807, 2.05) is 119 Å². The van der Waals surface area contributed by atoms with E-state index in [9.17, 15) is 73.7 Å². The van der Waals surface area contributed by atoms with Gasteiger partial charge >= 0.3 is 49.4 Å². The van der Waals surface area contributed by atoms with Crippen molar-refractivity contribution in [2.75, 3.05) is 9.80 Å². The minimum atomic E-state index is -5.12. The second-order valence-electron chi connectivity index (χ2n) is 33.5. The molecule has 20 aromatic rings. The molecule has 0 fully saturated rings. The van der Waals surface area contributed by atoms with Crippen LogP contribution >= 0.6 is 23.5 Å². The fourth-order valence-corrected chi connectivity index (χ4v) is 21.3. The summed E-state index contributed by atoms with van der Waals surface area (Å²) in [6, 6.07) is 72.7. The summed E-state index contributed by atoms with van der Waals surface area (Å²) in [7, 11) is 0. The van der Waals surface area contributed by atoms with Crippen molar-refractivity contribution >= 4 is 145 Å². The topological polar surface area (TPSA) is 121 Å². The zero-order chi connectivity index (χ0) is 102. The first-order valence-electron chi connectivity index (χ1n) is 42.8. The number of para-hydroxylation sites is 4. The van der Waals surface area contributed by atoms with E-state index in [0.717, 1.165) is 111 Å². The maximum atomic E-state index is 15.3. The molecule has 10 nitrogen and oxygen atoms in total. The molecule has 6 heterocycles. The Kier molecular flexibility index (Phi) is 21.8. The van der Waals surface area contributed by atoms with Gasteiger partial charge in [0.25, 0.3) is 0 Å². The average molecular weight is 2010 g/mol. The number of aromatic nitrogens is 4. The summed E-state index contributed by atoms with van der Waals surface area (Å²) < 4.78 is 356. The summed E-state index contributed by atoms with van der Waals surface area (Å²) in [6.07, 6.45) is -40.4. The molecule has 0 aliphatic carbocycles. The van der Waals surface area contributed by atoms with Crippen molar-refractivity contribution in [3.63, 3.8) is 0 Å². The van der Waals surface area contributed by atoms with Crippen LogP contribution in [-0.4, -0.2) is 18.3 Å². The Labute approximate surface area is 803 Å². The van der Waals surface area contributed by atoms with Crippen LogP contribution in [0.5, 0.6) is 0 Å². The van der Waals surface area contributed by atoms with Crippen LogP contribution in [0.1, 0.15) is 66.8 Å². The van der Waals surface area contributed by atoms with Gasteiger partial charge in [-0.05, 0) is 193 Å². The van der Waals surface area contributed by atoms with Crippen molar-refractivity contribution < 1.29 is 105 Å². The average Bonchev–Trinajstić information content (AvgIpc) is 1.44. The number of benzene rings is 16. The van der Waals surface area contributed by atoms with Gasteiger partial charge in [-0.1, -0.05) is 145 Å². The molecule has 0 radical (unpaired) electrons. The van der Waals surface area contributed by atoms with Crippen molar-refractivity contribution in [3.05, 3.63) is 370 Å². The summed E-state index contributed by atoms with van der Waals surface area (Å²) in [5.41, 5.74) is -13.9. The van der Waals surface area contributed by atoms with Gasteiger partial charge in [0.05, 0.1) is 156 Å². The highest BCUT2D eigenvalue weighted by atomic mass is 32.2. The van der Waals surface area contributed by atoms with E-state index in [4.69, 9.17) is 0 Å². The van der Waals surface area contributed by atoms with Crippen LogP contribution in [0.25, 0.3) is 132 Å². The standard InChI is InChI=1S/C72H36F12N6S2.C36H14F12N4/c73-69(74,75)41-21-25-47-48-26-22-42(70(76,77)78)34-58(48)89(57(47)33-41)67-51(37-85)65(39-19-29-55-63(31-39)91-61-17-9-7-15-53(61)87(55)45-11-3-1-4-12-45)66(40-20-30-56-64(32-40)92-62-18-10-8-16-54(62)88(56)46-13-5-2-6-14-46)52(38-86)68(67)90-59-35-43(71(79,80)81)23-27-49(59)50-28-24-44(36-60(50)90)72(82,83)84;37-33(38,39)19-3-7-23-24-8-4-20(34(40,41)42)12-28(24)51(27(23)11-19)31-17(15-49)1-2-18(16-50)32(31)52-29-13-21(35(43,44)45)5-9-25(29)26-10-6-22(14-30(26)52)36(46,47)48/h1-36H;1-14H. The van der Waals surface area contributed by atoms with Gasteiger partial charge in [-0.15, -0.1) is 0 Å². The van der Waals surface area contributed by atoms with Crippen LogP contribution in [0.3, 0.4) is 0 Å². The molecule has 0 amide bonds. The van der Waals surface area contributed by atoms with Crippen molar-refractivity contribution in [1.82, 2.24) is 18.3 Å². The van der Waals surface area contributed by atoms with Crippen molar-refractivity contribution in [3.8, 4) is 69.3 Å². The Morgan fingerprint density at radius 3 is 0.639 bits per heavy atom. The van der Waals surface area contributed by atoms with E-state index in [1.165, 1.54) is 23.5 Å². The number of nitrogens with zero attached hydrogens (tertiary/aromatic N) is 10. The van der Waals surface area contributed by atoms with Crippen molar-refractivity contribution in [1.29, 1.82) is 21.0 Å². The Bertz CT molecular complexity index is 8240. The second-order valence-corrected chi connectivity index (χ2v) is 35.7. The minimum absolute atomic E-state index is 0.0464. The van der Waals surface area contributed by atoms with Crippen LogP contribution < -0.4 is 9.80 Å². The van der Waals surface area contributed by atoms with Gasteiger partial charge < -0.3 is 28.1 Å². The zero-order valence-electron chi connectivity index (χ0n) is 72.2. The van der Waals surface area contributed by atoms with Gasteiger partial charge in [0.1, 0.15) is 24.3 Å². The lowest BCUT2D eigenvalue weighted by Gasteiger charge is -2.34. The predicted octanol–water partition coefficient (Wildman–Crippen LogP) is 34.6. The number of rotatable bonds is 8. The van der Waals surface area contributed by atoms with E-state index in [2.05, 4.69) is 12.1 Å². The van der Waals surface area contributed by atoms with Gasteiger partial charge in [0, 0.05) is 85.2 Å². The largest absolute Gasteiger partial charge is 0.416 e. The highest BCUT2D eigenvalue weighted by Gasteiger charge is 2.44. The number of halogens is 24. The van der Waals surface area contributed by atoms with E-state index >= 15 is 52.7 Å². The molecule has 2 aliphatic heterocycles. The van der Waals surface area contributed by atoms with Gasteiger partial charge in [-0.2, -0.15) is 126 Å². The van der Waals surface area contributed by atoms with E-state index < -0.39 is 183 Å². The fraction of sp³-hybridized carbons (Fsp3) is 0.0741. The monoisotopic (exact) mass is 2010 g/mol. The number of anilines is 6. The van der Waals surface area contributed by atoms with Crippen LogP contribution in [0.4, 0.5) is 139 Å². The van der Waals surface area contributed by atoms with Crippen LogP contribution in [0, 0.1) is 45.3 Å². The summed E-state index contributed by atoms with van der Waals surface area (Å²) in [5.74, 6) is 0. The first-order chi connectivity index (χ1) is 68.3. The lowest BCUT2D eigenvalue weighted by molar-refractivity contribution is -0.138. The molecule has 0 unspecified atom stereocenters. The third-order valence-corrected chi connectivity index (χ3v) is 27.5. The van der Waals surface area contributed by atoms with E-state index in [-0.39, 0.29) is 65.3 Å². The Hall–Kier alpha value is -16.7. The smallest absolute Gasteiger partial charge is 0.308 e. The summed E-state index contributed by atoms with van der Waals surface area (Å²) in [6.45, 7) is 0. The third-order valence-electron chi connectivity index (χ3n) is 25.3. The molecule has 2 aliphatic rings. The molecule has 0 N–H and O–H groups in total. The normalized spacial score (nSPS) is 13.2. The molecule has 0 saturated carbocycles. The molecule has 36 heteroatoms. The zero-order valence-corrected chi connectivity index (χ0v) is 73.9. The highest BCUT2D eigenvalue weighted by Crippen LogP contribution is 2.60. The highest BCUT2D eigenvalue weighted by molar-refractivity contribution is 8.00. The summed E-state index contributed by atoms with van der Waals surface area (Å²) >= 11 is 2.69. The van der Waals surface area contributed by atoms with Crippen molar-refractivity contribution in [2.24, 2.45) is 0 Å². The SMILES string of the molecule is N#Cc1c(-c2ccc3c(c2)Sc2ccccc2N3c2ccccc2)c(-c2ccc3c(c2)Sc2ccccc2N3c2ccccc2)c(C#N)c(-n2c3cc(C(F)(F)F)ccc3c3ccc(C(F)(F)F)cc32)c1-n1c2cc(C(F)(F)F)ccc2c2ccc(C(F)(F)F)cc21.N#Cc1ccc(C#N)c(-n2c3cc(C(F)(F)F)ccc3c3ccc(C(F)(F)F)cc32)c1-n1c2cc(C(F)(F)F)ccc2c2ccc(C(F)(F)F)cc21. The maximum Gasteiger partial charge on any atom is 0.416 e. The Morgan fingerprint density at radius 2 is 0.417 bits per heavy atom. The van der Waals surface area contributed by atoms with Gasteiger partial charge in [-0.3, -0.25) is 0 Å². The first-order valence-corrected chi connectivity index (χ1v) is 44.4. The summed E-state index contributed by atoms with van der Waals surface area (Å²) in [4.78, 5) is 6.71. The molecule has 22 rings (SSSR count). The first kappa shape index (κ1) is 93.6. The molecular formula is C108H50F24N10S2. The minimum Gasteiger partial charge on any atom is -0.308 e. The van der Waals surface area contributed by atoms with E-state index in [1.54, 1.807) is 48.5 Å². The lowest BCUT2D eigenvalue weighted by Crippen LogP contribution is -2.15. The number of hydrogen-bond acceptors (Lipinski definition) is 8. The number of nitriles is 4. The van der Waals surface area contributed by atoms with Gasteiger partial charge in [-0.25, -0.2) is 0 Å². The molecule has 0 spiro atoms. The van der Waals surface area contributed by atoms with Crippen LogP contribution in [0.15, 0.2) is 323 Å². The van der Waals surface area contributed by atoms with Crippen molar-refractivity contribution in [2.45, 2.75) is 69.0 Å². The third kappa shape index (κ3) is 15.6. The molecule has 0 bridgehead atoms. The Balaban J connectivity index is 0.000000199. The summed E-state index contributed by atoms with van der Waals surface area (Å²) in [5, 5.41) is 45.0. The van der Waals surface area contributed by atoms with Gasteiger partial charge in [0.15, 0.2) is 0 Å². The molecule has 144 heavy (non-hydrogen) atoms. The number of fused-ring (bicyclic) bond motifs is 16. The molecule has 0 atom stereocenters.